The largest absolute Gasteiger partial charge is 0.311 e. The molecule has 0 saturated carbocycles. The summed E-state index contributed by atoms with van der Waals surface area (Å²) in [5.41, 5.74) is 1.28. The van der Waals surface area contributed by atoms with E-state index in [-0.39, 0.29) is 5.54 Å². The van der Waals surface area contributed by atoms with Gasteiger partial charge in [0.25, 0.3) is 0 Å². The number of rotatable bonds is 3. The van der Waals surface area contributed by atoms with Gasteiger partial charge < -0.3 is 5.32 Å². The zero-order valence-electron chi connectivity index (χ0n) is 11.3. The number of aromatic nitrogens is 3. The van der Waals surface area contributed by atoms with E-state index in [2.05, 4.69) is 41.3 Å². The summed E-state index contributed by atoms with van der Waals surface area (Å²) in [7, 11) is 1.91. The van der Waals surface area contributed by atoms with Gasteiger partial charge in [0, 0.05) is 44.5 Å². The third-order valence-electron chi connectivity index (χ3n) is 3.85. The molecule has 1 aromatic heterocycles. The van der Waals surface area contributed by atoms with Crippen LogP contribution in [-0.2, 0) is 13.6 Å². The monoisotopic (exact) mass is 237 g/mol. The van der Waals surface area contributed by atoms with E-state index < -0.39 is 0 Å². The summed E-state index contributed by atoms with van der Waals surface area (Å²) >= 11 is 0. The van der Waals surface area contributed by atoms with Gasteiger partial charge in [-0.2, -0.15) is 0 Å². The molecule has 0 amide bonds. The first-order valence-electron chi connectivity index (χ1n) is 6.37. The minimum atomic E-state index is 0.226. The van der Waals surface area contributed by atoms with Gasteiger partial charge in [-0.05, 0) is 20.3 Å². The van der Waals surface area contributed by atoms with Gasteiger partial charge in [-0.25, -0.2) is 0 Å². The predicted octanol–water partition coefficient (Wildman–Crippen LogP) is 0.777. The second-order valence-corrected chi connectivity index (χ2v) is 5.40. The van der Waals surface area contributed by atoms with Crippen molar-refractivity contribution in [2.75, 3.05) is 13.1 Å². The second-order valence-electron chi connectivity index (χ2n) is 5.40. The Labute approximate surface area is 103 Å². The zero-order chi connectivity index (χ0) is 12.5. The summed E-state index contributed by atoms with van der Waals surface area (Å²) in [5, 5.41) is 11.7. The van der Waals surface area contributed by atoms with Crippen molar-refractivity contribution in [1.29, 1.82) is 0 Å². The number of nitrogens with zero attached hydrogens (tertiary/aromatic N) is 4. The van der Waals surface area contributed by atoms with Crippen LogP contribution in [0.15, 0.2) is 6.20 Å². The lowest BCUT2D eigenvalue weighted by atomic mass is 9.92. The van der Waals surface area contributed by atoms with Gasteiger partial charge in [0.1, 0.15) is 0 Å². The van der Waals surface area contributed by atoms with Crippen molar-refractivity contribution in [2.45, 2.75) is 45.3 Å². The molecule has 0 spiro atoms. The Bertz CT molecular complexity index is 375. The Hall–Kier alpha value is -0.940. The molecule has 0 aliphatic carbocycles. The summed E-state index contributed by atoms with van der Waals surface area (Å²) in [6, 6.07) is 0.547. The molecule has 1 fully saturated rings. The van der Waals surface area contributed by atoms with E-state index >= 15 is 0 Å². The first-order valence-corrected chi connectivity index (χ1v) is 6.37. The van der Waals surface area contributed by atoms with Crippen LogP contribution >= 0.6 is 0 Å². The summed E-state index contributed by atoms with van der Waals surface area (Å²) in [4.78, 5) is 2.53. The molecular formula is C12H23N5. The number of aryl methyl sites for hydroxylation is 1. The molecule has 0 bridgehead atoms. The fourth-order valence-corrected chi connectivity index (χ4v) is 2.39. The van der Waals surface area contributed by atoms with Gasteiger partial charge >= 0.3 is 0 Å². The van der Waals surface area contributed by atoms with Crippen molar-refractivity contribution in [3.63, 3.8) is 0 Å². The van der Waals surface area contributed by atoms with Crippen LogP contribution in [0, 0.1) is 0 Å². The van der Waals surface area contributed by atoms with E-state index in [4.69, 9.17) is 0 Å². The van der Waals surface area contributed by atoms with Crippen LogP contribution in [0.3, 0.4) is 0 Å². The molecule has 1 aliphatic heterocycles. The molecule has 5 heteroatoms. The fourth-order valence-electron chi connectivity index (χ4n) is 2.39. The topological polar surface area (TPSA) is 46.0 Å². The normalized spacial score (nSPS) is 30.7. The van der Waals surface area contributed by atoms with E-state index in [1.165, 1.54) is 0 Å². The summed E-state index contributed by atoms with van der Waals surface area (Å²) < 4.78 is 1.77. The van der Waals surface area contributed by atoms with Crippen LogP contribution in [0.4, 0.5) is 0 Å². The number of piperazine rings is 1. The van der Waals surface area contributed by atoms with E-state index in [0.717, 1.165) is 31.7 Å². The van der Waals surface area contributed by atoms with Crippen LogP contribution < -0.4 is 5.32 Å². The lowest BCUT2D eigenvalue weighted by Gasteiger charge is -2.47. The van der Waals surface area contributed by atoms with Crippen LogP contribution in [0.2, 0.25) is 0 Å². The van der Waals surface area contributed by atoms with Crippen LogP contribution in [-0.4, -0.2) is 44.6 Å². The van der Waals surface area contributed by atoms with E-state index in [0.29, 0.717) is 6.04 Å². The Morgan fingerprint density at radius 2 is 2.35 bits per heavy atom. The number of hydrogen-bond acceptors (Lipinski definition) is 4. The molecule has 1 aliphatic rings. The predicted molar refractivity (Wildman–Crippen MR) is 67.6 cm³/mol. The Kier molecular flexibility index (Phi) is 3.49. The summed E-state index contributed by atoms with van der Waals surface area (Å²) in [6.45, 7) is 9.82. The minimum absolute atomic E-state index is 0.226. The highest BCUT2D eigenvalue weighted by Crippen LogP contribution is 2.24. The van der Waals surface area contributed by atoms with Gasteiger partial charge in [0.05, 0.1) is 5.69 Å². The third kappa shape index (κ3) is 2.66. The Morgan fingerprint density at radius 1 is 1.59 bits per heavy atom. The van der Waals surface area contributed by atoms with Crippen molar-refractivity contribution in [3.8, 4) is 0 Å². The van der Waals surface area contributed by atoms with E-state index in [1.54, 1.807) is 4.68 Å². The van der Waals surface area contributed by atoms with Crippen molar-refractivity contribution in [1.82, 2.24) is 25.2 Å². The average Bonchev–Trinajstić information content (AvgIpc) is 2.70. The lowest BCUT2D eigenvalue weighted by molar-refractivity contribution is 0.0442. The molecule has 0 aromatic carbocycles. The molecule has 2 atom stereocenters. The molecule has 0 radical (unpaired) electrons. The first kappa shape index (κ1) is 12.5. The molecule has 2 heterocycles. The van der Waals surface area contributed by atoms with Crippen molar-refractivity contribution >= 4 is 0 Å². The number of hydrogen-bond donors (Lipinski definition) is 1. The molecule has 1 N–H and O–H groups in total. The molecule has 96 valence electrons. The average molecular weight is 237 g/mol. The van der Waals surface area contributed by atoms with Crippen LogP contribution in [0.1, 0.15) is 32.9 Å². The van der Waals surface area contributed by atoms with Gasteiger partial charge in [-0.15, -0.1) is 5.10 Å². The first-order chi connectivity index (χ1) is 8.03. The van der Waals surface area contributed by atoms with Gasteiger partial charge in [-0.3, -0.25) is 9.58 Å². The quantitative estimate of drug-likeness (QED) is 0.844. The van der Waals surface area contributed by atoms with Crippen LogP contribution in [0.25, 0.3) is 0 Å². The highest BCUT2D eigenvalue weighted by Gasteiger charge is 2.35. The molecule has 5 nitrogen and oxygen atoms in total. The summed E-state index contributed by atoms with van der Waals surface area (Å²) in [5.74, 6) is 0. The molecule has 1 aromatic rings. The fraction of sp³-hybridized carbons (Fsp3) is 0.833. The van der Waals surface area contributed by atoms with Gasteiger partial charge in [0.2, 0.25) is 0 Å². The molecule has 1 saturated heterocycles. The lowest BCUT2D eigenvalue weighted by Crippen LogP contribution is -2.61. The van der Waals surface area contributed by atoms with Crippen molar-refractivity contribution < 1.29 is 0 Å². The van der Waals surface area contributed by atoms with E-state index in [1.807, 2.05) is 13.2 Å². The minimum Gasteiger partial charge on any atom is -0.311 e. The number of nitrogens with one attached hydrogen (secondary N) is 1. The molecule has 2 rings (SSSR count). The third-order valence-corrected chi connectivity index (χ3v) is 3.85. The maximum atomic E-state index is 4.19. The molecule has 2 unspecified atom stereocenters. The maximum Gasteiger partial charge on any atom is 0.0967 e. The second kappa shape index (κ2) is 4.74. The highest BCUT2D eigenvalue weighted by atomic mass is 15.4. The summed E-state index contributed by atoms with van der Waals surface area (Å²) in [6.07, 6.45) is 3.15. The van der Waals surface area contributed by atoms with Crippen molar-refractivity contribution in [2.24, 2.45) is 7.05 Å². The Balaban J connectivity index is 2.10. The van der Waals surface area contributed by atoms with Crippen LogP contribution in [0.5, 0.6) is 0 Å². The molecule has 17 heavy (non-hydrogen) atoms. The highest BCUT2D eigenvalue weighted by molar-refractivity contribution is 4.99. The van der Waals surface area contributed by atoms with Gasteiger partial charge in [0.15, 0.2) is 0 Å². The van der Waals surface area contributed by atoms with Gasteiger partial charge in [-0.1, -0.05) is 12.1 Å². The van der Waals surface area contributed by atoms with Crippen molar-refractivity contribution in [3.05, 3.63) is 11.9 Å². The smallest absolute Gasteiger partial charge is 0.0967 e. The van der Waals surface area contributed by atoms with E-state index in [9.17, 15) is 0 Å². The zero-order valence-corrected chi connectivity index (χ0v) is 11.3. The maximum absolute atomic E-state index is 4.19. The standard InChI is InChI=1S/C12H23N5/c1-5-12(3)9-13-10(2)6-17(12)8-11-7-16(4)15-14-11/h7,10,13H,5-6,8-9H2,1-4H3. The SMILES string of the molecule is CCC1(C)CNC(C)CN1Cc1cn(C)nn1. The Morgan fingerprint density at radius 3 is 2.94 bits per heavy atom. The molecular weight excluding hydrogens is 214 g/mol.